The normalized spacial score (nSPS) is 24.1. The van der Waals surface area contributed by atoms with Crippen molar-refractivity contribution in [2.24, 2.45) is 5.41 Å². The fraction of sp³-hybridized carbons (Fsp3) is 0.478. The molecule has 1 aliphatic carbocycles. The third-order valence-corrected chi connectivity index (χ3v) is 6.92. The number of hydrogen-bond donors (Lipinski definition) is 0. The van der Waals surface area contributed by atoms with E-state index in [9.17, 15) is 0 Å². The Balaban J connectivity index is 1.37. The molecule has 0 bridgehead atoms. The Bertz CT molecular complexity index is 865. The standard InChI is InChI=1S/C23H27BO3/c1-21(2)22(3,4)27-24(26-21)20-9-7-16(8-10-20)17-5-6-18-12-23(14-25-15-23)13-19(18)11-17/h5-11H,12-15H2,1-4H3. The molecule has 3 aliphatic rings. The van der Waals surface area contributed by atoms with Gasteiger partial charge in [0.25, 0.3) is 0 Å². The van der Waals surface area contributed by atoms with E-state index in [1.807, 2.05) is 0 Å². The second-order valence-electron chi connectivity index (χ2n) is 9.54. The molecular weight excluding hydrogens is 335 g/mol. The second-order valence-corrected chi connectivity index (χ2v) is 9.54. The number of rotatable bonds is 2. The minimum absolute atomic E-state index is 0.303. The first kappa shape index (κ1) is 17.5. The first-order valence-electron chi connectivity index (χ1n) is 9.93. The van der Waals surface area contributed by atoms with Crippen LogP contribution in [0.4, 0.5) is 0 Å². The zero-order valence-electron chi connectivity index (χ0n) is 16.7. The second kappa shape index (κ2) is 5.70. The average molecular weight is 362 g/mol. The van der Waals surface area contributed by atoms with Crippen molar-refractivity contribution in [2.75, 3.05) is 13.2 Å². The first-order chi connectivity index (χ1) is 12.8. The Morgan fingerprint density at radius 3 is 1.93 bits per heavy atom. The Hall–Kier alpha value is -1.62. The maximum atomic E-state index is 6.16. The maximum Gasteiger partial charge on any atom is 0.494 e. The summed E-state index contributed by atoms with van der Waals surface area (Å²) in [5, 5.41) is 0. The van der Waals surface area contributed by atoms with Gasteiger partial charge in [0, 0.05) is 5.41 Å². The lowest BCUT2D eigenvalue weighted by Gasteiger charge is -2.37. The number of hydrogen-bond acceptors (Lipinski definition) is 3. The van der Waals surface area contributed by atoms with E-state index < -0.39 is 0 Å². The molecule has 3 nitrogen and oxygen atoms in total. The summed E-state index contributed by atoms with van der Waals surface area (Å²) in [7, 11) is -0.303. The highest BCUT2D eigenvalue weighted by Gasteiger charge is 2.51. The summed E-state index contributed by atoms with van der Waals surface area (Å²) in [6.07, 6.45) is 2.33. The van der Waals surface area contributed by atoms with Crippen LogP contribution in [-0.4, -0.2) is 31.5 Å². The van der Waals surface area contributed by atoms with E-state index in [1.54, 1.807) is 0 Å². The van der Waals surface area contributed by atoms with E-state index in [1.165, 1.54) is 28.7 Å². The van der Waals surface area contributed by atoms with Gasteiger partial charge < -0.3 is 14.0 Å². The summed E-state index contributed by atoms with van der Waals surface area (Å²) in [6, 6.07) is 15.5. The highest BCUT2D eigenvalue weighted by Crippen LogP contribution is 2.43. The molecule has 1 spiro atoms. The van der Waals surface area contributed by atoms with Crippen LogP contribution < -0.4 is 5.46 Å². The smallest absolute Gasteiger partial charge is 0.399 e. The van der Waals surface area contributed by atoms with Crippen molar-refractivity contribution in [2.45, 2.75) is 51.7 Å². The highest BCUT2D eigenvalue weighted by molar-refractivity contribution is 6.62. The summed E-state index contributed by atoms with van der Waals surface area (Å²) < 4.78 is 17.8. The molecule has 0 saturated carbocycles. The molecule has 0 amide bonds. The van der Waals surface area contributed by atoms with E-state index in [2.05, 4.69) is 70.2 Å². The average Bonchev–Trinajstić information content (AvgIpc) is 3.09. The third-order valence-electron chi connectivity index (χ3n) is 6.92. The van der Waals surface area contributed by atoms with Crippen molar-refractivity contribution in [1.82, 2.24) is 0 Å². The molecule has 4 heteroatoms. The lowest BCUT2D eigenvalue weighted by molar-refractivity contribution is -0.106. The van der Waals surface area contributed by atoms with Crippen LogP contribution in [0.25, 0.3) is 11.1 Å². The van der Waals surface area contributed by atoms with Gasteiger partial charge in [0.15, 0.2) is 0 Å². The van der Waals surface area contributed by atoms with E-state index in [4.69, 9.17) is 14.0 Å². The molecule has 2 aromatic rings. The van der Waals surface area contributed by atoms with Crippen LogP contribution in [0.5, 0.6) is 0 Å². The zero-order chi connectivity index (χ0) is 18.9. The lowest BCUT2D eigenvalue weighted by atomic mass is 9.78. The van der Waals surface area contributed by atoms with Crippen LogP contribution in [0.1, 0.15) is 38.8 Å². The molecule has 0 radical (unpaired) electrons. The van der Waals surface area contributed by atoms with E-state index in [-0.39, 0.29) is 18.3 Å². The van der Waals surface area contributed by atoms with Crippen LogP contribution in [-0.2, 0) is 26.9 Å². The van der Waals surface area contributed by atoms with Gasteiger partial charge in [-0.1, -0.05) is 42.5 Å². The molecule has 27 heavy (non-hydrogen) atoms. The molecule has 2 fully saturated rings. The number of ether oxygens (including phenoxy) is 1. The monoisotopic (exact) mass is 362 g/mol. The van der Waals surface area contributed by atoms with Gasteiger partial charge >= 0.3 is 7.12 Å². The fourth-order valence-electron chi connectivity index (χ4n) is 4.42. The molecule has 140 valence electrons. The molecule has 0 N–H and O–H groups in total. The Labute approximate surface area is 162 Å². The Morgan fingerprint density at radius 2 is 1.33 bits per heavy atom. The molecule has 0 aromatic heterocycles. The van der Waals surface area contributed by atoms with Crippen LogP contribution in [0.3, 0.4) is 0 Å². The van der Waals surface area contributed by atoms with Crippen LogP contribution in [0.15, 0.2) is 42.5 Å². The molecule has 2 saturated heterocycles. The van der Waals surface area contributed by atoms with Crippen LogP contribution in [0, 0.1) is 5.41 Å². The summed E-state index contributed by atoms with van der Waals surface area (Å²) in [5.41, 5.74) is 6.36. The van der Waals surface area contributed by atoms with Crippen molar-refractivity contribution < 1.29 is 14.0 Å². The minimum atomic E-state index is -0.308. The van der Waals surface area contributed by atoms with Gasteiger partial charge in [0.2, 0.25) is 0 Å². The molecule has 2 heterocycles. The van der Waals surface area contributed by atoms with Crippen molar-refractivity contribution in [3.8, 4) is 11.1 Å². The minimum Gasteiger partial charge on any atom is -0.399 e. The van der Waals surface area contributed by atoms with Gasteiger partial charge in [-0.15, -0.1) is 0 Å². The maximum absolute atomic E-state index is 6.16. The molecule has 2 aromatic carbocycles. The Morgan fingerprint density at radius 1 is 0.741 bits per heavy atom. The van der Waals surface area contributed by atoms with Crippen molar-refractivity contribution in [1.29, 1.82) is 0 Å². The van der Waals surface area contributed by atoms with Gasteiger partial charge in [-0.25, -0.2) is 0 Å². The Kier molecular flexibility index (Phi) is 3.69. The summed E-state index contributed by atoms with van der Waals surface area (Å²) in [4.78, 5) is 0. The van der Waals surface area contributed by atoms with Gasteiger partial charge in [-0.3, -0.25) is 0 Å². The summed E-state index contributed by atoms with van der Waals surface area (Å²) >= 11 is 0. The predicted molar refractivity (Wildman–Crippen MR) is 108 cm³/mol. The number of benzene rings is 2. The highest BCUT2D eigenvalue weighted by atomic mass is 16.7. The summed E-state index contributed by atoms with van der Waals surface area (Å²) in [6.45, 7) is 10.2. The van der Waals surface area contributed by atoms with E-state index >= 15 is 0 Å². The van der Waals surface area contributed by atoms with E-state index in [0.717, 1.165) is 25.1 Å². The predicted octanol–water partition coefficient (Wildman–Crippen LogP) is 3.77. The van der Waals surface area contributed by atoms with Crippen molar-refractivity contribution in [3.05, 3.63) is 53.6 Å². The van der Waals surface area contributed by atoms with Gasteiger partial charge in [0.1, 0.15) is 0 Å². The zero-order valence-corrected chi connectivity index (χ0v) is 16.7. The number of fused-ring (bicyclic) bond motifs is 1. The van der Waals surface area contributed by atoms with Gasteiger partial charge in [0.05, 0.1) is 24.4 Å². The van der Waals surface area contributed by atoms with Crippen LogP contribution in [0.2, 0.25) is 0 Å². The molecule has 0 atom stereocenters. The largest absolute Gasteiger partial charge is 0.494 e. The molecule has 0 unspecified atom stereocenters. The third kappa shape index (κ3) is 2.77. The van der Waals surface area contributed by atoms with Crippen LogP contribution >= 0.6 is 0 Å². The van der Waals surface area contributed by atoms with Crippen molar-refractivity contribution >= 4 is 12.6 Å². The molecular formula is C23H27BO3. The topological polar surface area (TPSA) is 27.7 Å². The molecule has 2 aliphatic heterocycles. The lowest BCUT2D eigenvalue weighted by Crippen LogP contribution is -2.43. The fourth-order valence-corrected chi connectivity index (χ4v) is 4.42. The first-order valence-corrected chi connectivity index (χ1v) is 9.93. The van der Waals surface area contributed by atoms with E-state index in [0.29, 0.717) is 5.41 Å². The quantitative estimate of drug-likeness (QED) is 0.762. The molecule has 5 rings (SSSR count). The SMILES string of the molecule is CC1(C)OB(c2ccc(-c3ccc4c(c3)CC3(COC3)C4)cc2)OC1(C)C. The van der Waals surface area contributed by atoms with Crippen molar-refractivity contribution in [3.63, 3.8) is 0 Å². The van der Waals surface area contributed by atoms with Gasteiger partial charge in [-0.05, 0) is 68.3 Å². The van der Waals surface area contributed by atoms with Gasteiger partial charge in [-0.2, -0.15) is 0 Å². The summed E-state index contributed by atoms with van der Waals surface area (Å²) in [5.74, 6) is 0.